The lowest BCUT2D eigenvalue weighted by Crippen LogP contribution is -2.47. The van der Waals surface area contributed by atoms with Gasteiger partial charge in [0.1, 0.15) is 0 Å². The molecular formula is C16H21N3O. The van der Waals surface area contributed by atoms with Crippen LogP contribution < -0.4 is 0 Å². The Bertz CT molecular complexity index is 651. The van der Waals surface area contributed by atoms with E-state index in [0.29, 0.717) is 0 Å². The van der Waals surface area contributed by atoms with E-state index in [1.807, 2.05) is 37.1 Å². The molecule has 0 aliphatic carbocycles. The third-order valence-electron chi connectivity index (χ3n) is 4.40. The Labute approximate surface area is 119 Å². The van der Waals surface area contributed by atoms with Gasteiger partial charge in [-0.1, -0.05) is 18.2 Å². The molecule has 1 aliphatic heterocycles. The zero-order valence-corrected chi connectivity index (χ0v) is 12.4. The lowest BCUT2D eigenvalue weighted by Gasteiger charge is -2.32. The summed E-state index contributed by atoms with van der Waals surface area (Å²) in [7, 11) is 4.13. The van der Waals surface area contributed by atoms with E-state index in [9.17, 15) is 4.79 Å². The van der Waals surface area contributed by atoms with Crippen LogP contribution in [0.1, 0.15) is 16.1 Å². The van der Waals surface area contributed by atoms with Crippen LogP contribution in [-0.4, -0.2) is 53.5 Å². The molecule has 106 valence electrons. The molecule has 0 spiro atoms. The standard InChI is InChI=1S/C16H21N3O/c1-12-15(13-6-4-5-7-14(13)18(12)3)16(20)19-10-8-17(2)9-11-19/h4-7H,8-11H2,1-3H3. The molecule has 1 fully saturated rings. The van der Waals surface area contributed by atoms with Crippen molar-refractivity contribution in [2.45, 2.75) is 6.92 Å². The Morgan fingerprint density at radius 3 is 2.40 bits per heavy atom. The van der Waals surface area contributed by atoms with Gasteiger partial charge < -0.3 is 14.4 Å². The summed E-state index contributed by atoms with van der Waals surface area (Å²) < 4.78 is 2.11. The van der Waals surface area contributed by atoms with Crippen LogP contribution in [-0.2, 0) is 7.05 Å². The van der Waals surface area contributed by atoms with Gasteiger partial charge in [0.25, 0.3) is 5.91 Å². The van der Waals surface area contributed by atoms with Crippen LogP contribution >= 0.6 is 0 Å². The maximum atomic E-state index is 12.8. The van der Waals surface area contributed by atoms with E-state index in [0.717, 1.165) is 48.3 Å². The van der Waals surface area contributed by atoms with Crippen LogP contribution in [0.3, 0.4) is 0 Å². The molecule has 0 atom stereocenters. The third kappa shape index (κ3) is 2.00. The van der Waals surface area contributed by atoms with Crippen molar-refractivity contribution in [1.29, 1.82) is 0 Å². The minimum Gasteiger partial charge on any atom is -0.347 e. The first-order chi connectivity index (χ1) is 9.59. The number of hydrogen-bond acceptors (Lipinski definition) is 2. The van der Waals surface area contributed by atoms with Crippen molar-refractivity contribution in [2.24, 2.45) is 7.05 Å². The molecule has 1 aromatic heterocycles. The van der Waals surface area contributed by atoms with Crippen LogP contribution in [0.2, 0.25) is 0 Å². The van der Waals surface area contributed by atoms with E-state index in [1.54, 1.807) is 0 Å². The fraction of sp³-hybridized carbons (Fsp3) is 0.438. The number of fused-ring (bicyclic) bond motifs is 1. The second-order valence-corrected chi connectivity index (χ2v) is 5.63. The van der Waals surface area contributed by atoms with Crippen molar-refractivity contribution in [3.63, 3.8) is 0 Å². The molecule has 1 saturated heterocycles. The number of carbonyl (C=O) groups excluding carboxylic acids is 1. The van der Waals surface area contributed by atoms with Gasteiger partial charge in [0, 0.05) is 49.8 Å². The highest BCUT2D eigenvalue weighted by molar-refractivity contribution is 6.08. The first-order valence-corrected chi connectivity index (χ1v) is 7.11. The average molecular weight is 271 g/mol. The Hall–Kier alpha value is -1.81. The fourth-order valence-corrected chi connectivity index (χ4v) is 2.96. The highest BCUT2D eigenvalue weighted by Gasteiger charge is 2.25. The van der Waals surface area contributed by atoms with Gasteiger partial charge in [0.15, 0.2) is 0 Å². The van der Waals surface area contributed by atoms with Crippen LogP contribution in [0.25, 0.3) is 10.9 Å². The predicted octanol–water partition coefficient (Wildman–Crippen LogP) is 1.87. The monoisotopic (exact) mass is 271 g/mol. The van der Waals surface area contributed by atoms with E-state index >= 15 is 0 Å². The normalized spacial score (nSPS) is 16.9. The third-order valence-corrected chi connectivity index (χ3v) is 4.40. The van der Waals surface area contributed by atoms with Gasteiger partial charge in [-0.25, -0.2) is 0 Å². The molecule has 2 heterocycles. The molecule has 0 bridgehead atoms. The van der Waals surface area contributed by atoms with Crippen LogP contribution in [0.5, 0.6) is 0 Å². The summed E-state index contributed by atoms with van der Waals surface area (Å²) >= 11 is 0. The van der Waals surface area contributed by atoms with Gasteiger partial charge >= 0.3 is 0 Å². The molecule has 1 amide bonds. The van der Waals surface area contributed by atoms with Crippen molar-refractivity contribution in [3.05, 3.63) is 35.5 Å². The number of aromatic nitrogens is 1. The first-order valence-electron chi connectivity index (χ1n) is 7.11. The van der Waals surface area contributed by atoms with Gasteiger partial charge in [-0.2, -0.15) is 0 Å². The van der Waals surface area contributed by atoms with Crippen molar-refractivity contribution >= 4 is 16.8 Å². The minimum absolute atomic E-state index is 0.174. The summed E-state index contributed by atoms with van der Waals surface area (Å²) in [6.45, 7) is 5.57. The Morgan fingerprint density at radius 1 is 1.05 bits per heavy atom. The zero-order chi connectivity index (χ0) is 14.3. The van der Waals surface area contributed by atoms with E-state index < -0.39 is 0 Å². The number of amides is 1. The number of aryl methyl sites for hydroxylation is 1. The summed E-state index contributed by atoms with van der Waals surface area (Å²) in [6.07, 6.45) is 0. The second-order valence-electron chi connectivity index (χ2n) is 5.63. The number of rotatable bonds is 1. The lowest BCUT2D eigenvalue weighted by molar-refractivity contribution is 0.0665. The summed E-state index contributed by atoms with van der Waals surface area (Å²) in [6, 6.07) is 8.14. The number of nitrogens with zero attached hydrogens (tertiary/aromatic N) is 3. The van der Waals surface area contributed by atoms with Gasteiger partial charge in [-0.05, 0) is 20.0 Å². The van der Waals surface area contributed by atoms with E-state index in [-0.39, 0.29) is 5.91 Å². The molecule has 1 aromatic carbocycles. The van der Waals surface area contributed by atoms with Gasteiger partial charge in [0.2, 0.25) is 0 Å². The van der Waals surface area contributed by atoms with Crippen molar-refractivity contribution in [1.82, 2.24) is 14.4 Å². The molecule has 4 heteroatoms. The first kappa shape index (κ1) is 13.2. The SMILES string of the molecule is Cc1c(C(=O)N2CCN(C)CC2)c2ccccc2n1C. The van der Waals surface area contributed by atoms with Crippen molar-refractivity contribution in [2.75, 3.05) is 33.2 Å². The van der Waals surface area contributed by atoms with Gasteiger partial charge in [-0.15, -0.1) is 0 Å². The molecule has 0 unspecified atom stereocenters. The summed E-state index contributed by atoms with van der Waals surface area (Å²) in [5, 5.41) is 1.07. The van der Waals surface area contributed by atoms with Crippen molar-refractivity contribution < 1.29 is 4.79 Å². The zero-order valence-electron chi connectivity index (χ0n) is 12.4. The maximum absolute atomic E-state index is 12.8. The smallest absolute Gasteiger partial charge is 0.256 e. The molecular weight excluding hydrogens is 250 g/mol. The largest absolute Gasteiger partial charge is 0.347 e. The molecule has 2 aromatic rings. The van der Waals surface area contributed by atoms with E-state index in [1.165, 1.54) is 0 Å². The molecule has 1 aliphatic rings. The molecule has 3 rings (SSSR count). The second kappa shape index (κ2) is 4.94. The molecule has 4 nitrogen and oxygen atoms in total. The molecule has 0 saturated carbocycles. The number of benzene rings is 1. The molecule has 0 N–H and O–H groups in total. The number of para-hydroxylation sites is 1. The number of likely N-dealkylation sites (N-methyl/N-ethyl adjacent to an activating group) is 1. The van der Waals surface area contributed by atoms with Crippen LogP contribution in [0.4, 0.5) is 0 Å². The Kier molecular flexibility index (Phi) is 3.26. The van der Waals surface area contributed by atoms with Gasteiger partial charge in [-0.3, -0.25) is 4.79 Å². The minimum atomic E-state index is 0.174. The predicted molar refractivity (Wildman–Crippen MR) is 81.1 cm³/mol. The summed E-state index contributed by atoms with van der Waals surface area (Å²) in [4.78, 5) is 17.1. The molecule has 20 heavy (non-hydrogen) atoms. The quantitative estimate of drug-likeness (QED) is 0.792. The number of piperazine rings is 1. The maximum Gasteiger partial charge on any atom is 0.256 e. The summed E-state index contributed by atoms with van der Waals surface area (Å²) in [5.74, 6) is 0.174. The Balaban J connectivity index is 2.01. The topological polar surface area (TPSA) is 28.5 Å². The van der Waals surface area contributed by atoms with E-state index in [4.69, 9.17) is 0 Å². The van der Waals surface area contributed by atoms with Gasteiger partial charge in [0.05, 0.1) is 5.56 Å². The molecule has 0 radical (unpaired) electrons. The highest BCUT2D eigenvalue weighted by atomic mass is 16.2. The average Bonchev–Trinajstić information content (AvgIpc) is 2.72. The van der Waals surface area contributed by atoms with Crippen LogP contribution in [0.15, 0.2) is 24.3 Å². The summed E-state index contributed by atoms with van der Waals surface area (Å²) in [5.41, 5.74) is 3.05. The Morgan fingerprint density at radius 2 is 1.70 bits per heavy atom. The lowest BCUT2D eigenvalue weighted by atomic mass is 10.1. The number of hydrogen-bond donors (Lipinski definition) is 0. The fourth-order valence-electron chi connectivity index (χ4n) is 2.96. The van der Waals surface area contributed by atoms with Crippen LogP contribution in [0, 0.1) is 6.92 Å². The highest BCUT2D eigenvalue weighted by Crippen LogP contribution is 2.26. The van der Waals surface area contributed by atoms with Crippen molar-refractivity contribution in [3.8, 4) is 0 Å². The van der Waals surface area contributed by atoms with E-state index in [2.05, 4.69) is 22.6 Å². The number of carbonyl (C=O) groups is 1.